The van der Waals surface area contributed by atoms with Crippen molar-refractivity contribution in [2.75, 3.05) is 21.3 Å². The largest absolute Gasteiger partial charge is 0.502 e. The van der Waals surface area contributed by atoms with Crippen LogP contribution in [0.1, 0.15) is 11.1 Å². The molecule has 6 nitrogen and oxygen atoms in total. The number of hydrogen-bond acceptors (Lipinski definition) is 5. The van der Waals surface area contributed by atoms with Crippen LogP contribution >= 0.6 is 0 Å². The average Bonchev–Trinajstić information content (AvgIpc) is 3.09. The van der Waals surface area contributed by atoms with Gasteiger partial charge in [0.05, 0.1) is 33.0 Å². The molecule has 0 aliphatic rings. The zero-order chi connectivity index (χ0) is 18.7. The standard InChI is InChI=1S/C20H18N2O4/c1-24-14-4-5-17-15(9-14)16(11-22-17)13(10-21)6-12-7-18(25-2)20(23)19(8-12)26-3/h4-9,11,22-23H,1-3H3/b13-6+. The van der Waals surface area contributed by atoms with Gasteiger partial charge in [0.1, 0.15) is 5.75 Å². The van der Waals surface area contributed by atoms with Gasteiger partial charge in [0.25, 0.3) is 0 Å². The molecule has 0 amide bonds. The number of ether oxygens (including phenoxy) is 3. The molecule has 0 aliphatic carbocycles. The van der Waals surface area contributed by atoms with Crippen molar-refractivity contribution in [3.8, 4) is 29.1 Å². The number of H-pyrrole nitrogens is 1. The SMILES string of the molecule is COc1ccc2[nH]cc(/C(C#N)=C/c3cc(OC)c(O)c(OC)c3)c2c1. The van der Waals surface area contributed by atoms with E-state index in [0.29, 0.717) is 16.9 Å². The molecule has 1 aromatic heterocycles. The smallest absolute Gasteiger partial charge is 0.200 e. The van der Waals surface area contributed by atoms with Crippen LogP contribution in [0.5, 0.6) is 23.0 Å². The van der Waals surface area contributed by atoms with Crippen LogP contribution in [0, 0.1) is 11.3 Å². The van der Waals surface area contributed by atoms with Gasteiger partial charge in [0, 0.05) is 22.7 Å². The van der Waals surface area contributed by atoms with E-state index in [4.69, 9.17) is 14.2 Å². The predicted molar refractivity (Wildman–Crippen MR) is 99.5 cm³/mol. The van der Waals surface area contributed by atoms with Gasteiger partial charge in [-0.15, -0.1) is 0 Å². The van der Waals surface area contributed by atoms with Gasteiger partial charge in [0.15, 0.2) is 11.5 Å². The molecule has 0 atom stereocenters. The topological polar surface area (TPSA) is 87.5 Å². The summed E-state index contributed by atoms with van der Waals surface area (Å²) in [7, 11) is 4.52. The van der Waals surface area contributed by atoms with Gasteiger partial charge in [-0.3, -0.25) is 0 Å². The van der Waals surface area contributed by atoms with E-state index >= 15 is 0 Å². The highest BCUT2D eigenvalue weighted by Gasteiger charge is 2.13. The van der Waals surface area contributed by atoms with Gasteiger partial charge in [-0.25, -0.2) is 0 Å². The number of phenols is 1. The molecule has 0 fully saturated rings. The molecule has 0 unspecified atom stereocenters. The van der Waals surface area contributed by atoms with Crippen molar-refractivity contribution < 1.29 is 19.3 Å². The molecule has 3 aromatic rings. The molecular formula is C20H18N2O4. The monoisotopic (exact) mass is 350 g/mol. The van der Waals surface area contributed by atoms with Crippen LogP contribution in [0.2, 0.25) is 0 Å². The molecule has 1 heterocycles. The zero-order valence-electron chi connectivity index (χ0n) is 14.7. The molecule has 132 valence electrons. The Morgan fingerprint density at radius 2 is 1.77 bits per heavy atom. The molecule has 0 saturated carbocycles. The number of aromatic nitrogens is 1. The summed E-state index contributed by atoms with van der Waals surface area (Å²) in [5.74, 6) is 1.17. The maximum atomic E-state index is 10.0. The summed E-state index contributed by atoms with van der Waals surface area (Å²) in [4.78, 5) is 3.16. The predicted octanol–water partition coefficient (Wildman–Crippen LogP) is 3.96. The molecule has 2 N–H and O–H groups in total. The van der Waals surface area contributed by atoms with E-state index in [9.17, 15) is 10.4 Å². The van der Waals surface area contributed by atoms with E-state index in [1.54, 1.807) is 31.5 Å². The summed E-state index contributed by atoms with van der Waals surface area (Å²) in [6.07, 6.45) is 3.50. The summed E-state index contributed by atoms with van der Waals surface area (Å²) in [5.41, 5.74) is 2.79. The number of rotatable bonds is 5. The number of aromatic hydroxyl groups is 1. The van der Waals surface area contributed by atoms with Crippen molar-refractivity contribution in [1.82, 2.24) is 4.98 Å². The number of nitrogens with zero attached hydrogens (tertiary/aromatic N) is 1. The van der Waals surface area contributed by atoms with E-state index in [2.05, 4.69) is 11.1 Å². The first-order valence-electron chi connectivity index (χ1n) is 7.83. The van der Waals surface area contributed by atoms with Gasteiger partial charge in [-0.1, -0.05) is 0 Å². The maximum Gasteiger partial charge on any atom is 0.200 e. The maximum absolute atomic E-state index is 10.0. The van der Waals surface area contributed by atoms with E-state index in [0.717, 1.165) is 16.5 Å². The van der Waals surface area contributed by atoms with Crippen molar-refractivity contribution in [3.63, 3.8) is 0 Å². The van der Waals surface area contributed by atoms with Gasteiger partial charge in [0.2, 0.25) is 5.75 Å². The van der Waals surface area contributed by atoms with Crippen molar-refractivity contribution in [3.05, 3.63) is 47.7 Å². The Kier molecular flexibility index (Phi) is 4.72. The summed E-state index contributed by atoms with van der Waals surface area (Å²) >= 11 is 0. The van der Waals surface area contributed by atoms with Crippen LogP contribution in [0.25, 0.3) is 22.6 Å². The average molecular weight is 350 g/mol. The number of methoxy groups -OCH3 is 3. The van der Waals surface area contributed by atoms with Gasteiger partial charge < -0.3 is 24.3 Å². The number of fused-ring (bicyclic) bond motifs is 1. The van der Waals surface area contributed by atoms with Crippen molar-refractivity contribution >= 4 is 22.6 Å². The van der Waals surface area contributed by atoms with Crippen LogP contribution in [0.3, 0.4) is 0 Å². The number of nitrogens with one attached hydrogen (secondary N) is 1. The Bertz CT molecular complexity index is 1000. The molecule has 2 aromatic carbocycles. The van der Waals surface area contributed by atoms with E-state index < -0.39 is 0 Å². The Morgan fingerprint density at radius 1 is 1.08 bits per heavy atom. The number of allylic oxidation sites excluding steroid dienone is 1. The first-order valence-corrected chi connectivity index (χ1v) is 7.83. The minimum Gasteiger partial charge on any atom is -0.502 e. The van der Waals surface area contributed by atoms with Crippen LogP contribution in [-0.4, -0.2) is 31.4 Å². The normalized spacial score (nSPS) is 11.2. The lowest BCUT2D eigenvalue weighted by atomic mass is 10.0. The molecule has 0 spiro atoms. The van der Waals surface area contributed by atoms with Crippen molar-refractivity contribution in [2.24, 2.45) is 0 Å². The summed E-state index contributed by atoms with van der Waals surface area (Å²) in [6, 6.07) is 11.2. The minimum atomic E-state index is -0.0810. The molecule has 0 radical (unpaired) electrons. The Morgan fingerprint density at radius 3 is 2.35 bits per heavy atom. The molecular weight excluding hydrogens is 332 g/mol. The van der Waals surface area contributed by atoms with Crippen molar-refractivity contribution in [1.29, 1.82) is 5.26 Å². The first kappa shape index (κ1) is 17.2. The molecule has 0 bridgehead atoms. The fourth-order valence-corrected chi connectivity index (χ4v) is 2.78. The number of aromatic amines is 1. The number of nitriles is 1. The number of benzene rings is 2. The first-order chi connectivity index (χ1) is 12.6. The highest BCUT2D eigenvalue weighted by atomic mass is 16.5. The highest BCUT2D eigenvalue weighted by molar-refractivity contribution is 6.01. The van der Waals surface area contributed by atoms with Crippen LogP contribution in [0.15, 0.2) is 36.5 Å². The van der Waals surface area contributed by atoms with E-state index in [-0.39, 0.29) is 17.2 Å². The third kappa shape index (κ3) is 3.03. The van der Waals surface area contributed by atoms with Crippen LogP contribution in [0.4, 0.5) is 0 Å². The van der Waals surface area contributed by atoms with E-state index in [1.165, 1.54) is 14.2 Å². The molecule has 6 heteroatoms. The Hall–Kier alpha value is -3.59. The third-order valence-electron chi connectivity index (χ3n) is 4.11. The Balaban J connectivity index is 2.14. The quantitative estimate of drug-likeness (QED) is 0.680. The number of hydrogen-bond donors (Lipinski definition) is 2. The van der Waals surface area contributed by atoms with Crippen LogP contribution in [-0.2, 0) is 0 Å². The third-order valence-corrected chi connectivity index (χ3v) is 4.11. The molecule has 3 rings (SSSR count). The number of phenolic OH excluding ortho intramolecular Hbond substituents is 1. The molecule has 26 heavy (non-hydrogen) atoms. The van der Waals surface area contributed by atoms with E-state index in [1.807, 2.05) is 18.2 Å². The van der Waals surface area contributed by atoms with Gasteiger partial charge in [-0.05, 0) is 42.0 Å². The summed E-state index contributed by atoms with van der Waals surface area (Å²) < 4.78 is 15.6. The lowest BCUT2D eigenvalue weighted by Crippen LogP contribution is -1.90. The Labute approximate surface area is 150 Å². The molecule has 0 saturated heterocycles. The van der Waals surface area contributed by atoms with Gasteiger partial charge in [-0.2, -0.15) is 5.26 Å². The summed E-state index contributed by atoms with van der Waals surface area (Å²) in [5, 5.41) is 20.6. The lowest BCUT2D eigenvalue weighted by Gasteiger charge is -2.09. The van der Waals surface area contributed by atoms with Crippen molar-refractivity contribution in [2.45, 2.75) is 0 Å². The zero-order valence-corrected chi connectivity index (χ0v) is 14.7. The molecule has 0 aliphatic heterocycles. The second-order valence-electron chi connectivity index (χ2n) is 5.56. The van der Waals surface area contributed by atoms with Crippen LogP contribution < -0.4 is 14.2 Å². The highest BCUT2D eigenvalue weighted by Crippen LogP contribution is 2.38. The second kappa shape index (κ2) is 7.11. The summed E-state index contributed by atoms with van der Waals surface area (Å²) in [6.45, 7) is 0. The lowest BCUT2D eigenvalue weighted by molar-refractivity contribution is 0.340. The minimum absolute atomic E-state index is 0.0810. The fourth-order valence-electron chi connectivity index (χ4n) is 2.78. The fraction of sp³-hybridized carbons (Fsp3) is 0.150. The second-order valence-corrected chi connectivity index (χ2v) is 5.56. The van der Waals surface area contributed by atoms with Gasteiger partial charge >= 0.3 is 0 Å².